The van der Waals surface area contributed by atoms with Crippen LogP contribution in [0.25, 0.3) is 0 Å². The Balaban J connectivity index is -0.0000000512. The molecule has 0 saturated heterocycles. The summed E-state index contributed by atoms with van der Waals surface area (Å²) >= 11 is 0. The maximum atomic E-state index is 12.7. The van der Waals surface area contributed by atoms with Crippen LogP contribution in [-0.2, 0) is 42.1 Å². The first-order valence-corrected chi connectivity index (χ1v) is 18.5. The van der Waals surface area contributed by atoms with E-state index in [2.05, 4.69) is 40.5 Å². The first-order valence-electron chi connectivity index (χ1n) is 8.53. The second kappa shape index (κ2) is 26.7. The predicted molar refractivity (Wildman–Crippen MR) is 129 cm³/mol. The van der Waals surface area contributed by atoms with E-state index in [0.29, 0.717) is 4.90 Å². The van der Waals surface area contributed by atoms with Crippen LogP contribution in [0.1, 0.15) is 13.8 Å². The van der Waals surface area contributed by atoms with Crippen LogP contribution in [-0.4, -0.2) is 75.5 Å². The number of nitrogens with zero attached hydrogens (tertiary/aromatic N) is 4. The topological polar surface area (TPSA) is 95.2 Å². The van der Waals surface area contributed by atoms with Gasteiger partial charge in [0.25, 0.3) is 0 Å². The van der Waals surface area contributed by atoms with Gasteiger partial charge in [0.05, 0.1) is 69.2 Å². The average Bonchev–Trinajstić information content (AvgIpc) is 2.65. The summed E-state index contributed by atoms with van der Waals surface area (Å²) in [5.41, 5.74) is 0. The molecule has 0 atom stereocenters. The van der Waals surface area contributed by atoms with Gasteiger partial charge in [-0.1, -0.05) is 0 Å². The number of hydrogen-bond donors (Lipinski definition) is 0. The van der Waals surface area contributed by atoms with E-state index in [9.17, 15) is 26.3 Å². The Morgan fingerprint density at radius 2 is 0.588 bits per heavy atom. The minimum Gasteiger partial charge on any atom is -0.512 e. The van der Waals surface area contributed by atoms with Crippen LogP contribution in [0.3, 0.4) is 0 Å². The number of alkyl halides is 6. The van der Waals surface area contributed by atoms with Crippen molar-refractivity contribution in [2.45, 2.75) is 36.0 Å². The Kier molecular flexibility index (Phi) is 43.4. The Bertz CT molecular complexity index is 491. The summed E-state index contributed by atoms with van der Waals surface area (Å²) in [4.78, 5) is -2.72. The van der Waals surface area contributed by atoms with Gasteiger partial charge in [-0.15, -0.1) is 0 Å². The van der Waals surface area contributed by atoms with Gasteiger partial charge in [0, 0.05) is 71.8 Å². The normalized spacial score (nSPS) is 10.5. The van der Waals surface area contributed by atoms with Crippen molar-refractivity contribution in [2.24, 2.45) is 0 Å². The molecule has 16 heteroatoms. The zero-order valence-electron chi connectivity index (χ0n) is 20.7. The second-order valence-corrected chi connectivity index (χ2v) is 20.4. The van der Waals surface area contributed by atoms with Crippen molar-refractivity contribution in [2.75, 3.05) is 53.3 Å². The zero-order valence-corrected chi connectivity index (χ0v) is 29.2. The fraction of sp³-hybridized carbons (Fsp3) is 0.778. The molecule has 0 unspecified atom stereocenters. The molecular formula is C18H34F6N4P4Pt2. The molecule has 0 fully saturated rings. The van der Waals surface area contributed by atoms with Crippen molar-refractivity contribution < 1.29 is 68.5 Å². The molecule has 0 aromatic carbocycles. The second-order valence-electron chi connectivity index (χ2n) is 7.37. The summed E-state index contributed by atoms with van der Waals surface area (Å²) < 4.78 is 76.2. The van der Waals surface area contributed by atoms with Gasteiger partial charge in [-0.05, 0) is 0 Å². The van der Waals surface area contributed by atoms with Gasteiger partial charge < -0.3 is 47.3 Å². The molecule has 0 aromatic rings. The average molecular weight is 935 g/mol. The van der Waals surface area contributed by atoms with E-state index in [1.807, 2.05) is 0 Å². The summed E-state index contributed by atoms with van der Waals surface area (Å²) in [6.45, 7) is 37.8. The molecule has 0 spiro atoms. The summed E-state index contributed by atoms with van der Waals surface area (Å²) in [5.74, 6) is 0. The van der Waals surface area contributed by atoms with Crippen LogP contribution < -0.4 is 0 Å². The van der Waals surface area contributed by atoms with Gasteiger partial charge in [0.15, 0.2) is 4.90 Å². The monoisotopic (exact) mass is 934 g/mol. The maximum Gasteiger partial charge on any atom is 0.473 e. The van der Waals surface area contributed by atoms with Crippen molar-refractivity contribution in [1.82, 2.24) is 0 Å². The molecule has 0 saturated carbocycles. The van der Waals surface area contributed by atoms with Crippen molar-refractivity contribution in [3.05, 3.63) is 26.3 Å². The Morgan fingerprint density at radius 1 is 0.441 bits per heavy atom. The van der Waals surface area contributed by atoms with Crippen molar-refractivity contribution in [1.29, 1.82) is 21.0 Å². The van der Waals surface area contributed by atoms with Gasteiger partial charge in [0.2, 0.25) is 0 Å². The quantitative estimate of drug-likeness (QED) is 0.176. The Labute approximate surface area is 235 Å². The van der Waals surface area contributed by atoms with E-state index >= 15 is 0 Å². The standard InChI is InChI=1S/C7H12F6P2.C7H18P2.4CN.2Pt/c1-14(2)5(15(3)4,6(8,9)10)7(11,12)13;1-7(2,8(3)4)9(5)6;4*1-2;;/h1-4H3;1-6H3;;;;;;/q;;4*-1;;/p+4. The van der Waals surface area contributed by atoms with E-state index in [4.69, 9.17) is 47.3 Å². The molecule has 208 valence electrons. The molecule has 0 bridgehead atoms. The maximum absolute atomic E-state index is 12.7. The van der Waals surface area contributed by atoms with Gasteiger partial charge in [0.1, 0.15) is 0 Å². The van der Waals surface area contributed by atoms with Crippen LogP contribution in [0.2, 0.25) is 0 Å². The molecule has 34 heavy (non-hydrogen) atoms. The summed E-state index contributed by atoms with van der Waals surface area (Å²) in [6.07, 6.45) is -10.4. The minimum absolute atomic E-state index is 0. The van der Waals surface area contributed by atoms with E-state index < -0.39 is 33.1 Å². The third-order valence-electron chi connectivity index (χ3n) is 4.85. The fourth-order valence-corrected chi connectivity index (χ4v) is 12.6. The molecule has 0 heterocycles. The number of rotatable bonds is 4. The van der Waals surface area contributed by atoms with E-state index in [-0.39, 0.29) is 58.0 Å². The molecule has 0 aliphatic heterocycles. The third-order valence-corrected chi connectivity index (χ3v) is 20.0. The number of halogens is 6. The van der Waals surface area contributed by atoms with E-state index in [1.54, 1.807) is 0 Å². The fourth-order valence-electron chi connectivity index (χ4n) is 2.29. The van der Waals surface area contributed by atoms with Crippen LogP contribution in [0.15, 0.2) is 0 Å². The number of hydrogen-bond acceptors (Lipinski definition) is 4. The Morgan fingerprint density at radius 3 is 0.588 bits per heavy atom. The summed E-state index contributed by atoms with van der Waals surface area (Å²) in [7, 11) is -5.23. The molecule has 0 aliphatic carbocycles. The zero-order chi connectivity index (χ0) is 28.3. The summed E-state index contributed by atoms with van der Waals surface area (Å²) in [5, 5.41) is 25.0. The van der Waals surface area contributed by atoms with Gasteiger partial charge in [-0.25, -0.2) is 0 Å². The molecule has 0 rings (SSSR count). The molecule has 0 aliphatic rings. The van der Waals surface area contributed by atoms with Gasteiger partial charge in [-0.3, -0.25) is 0 Å². The van der Waals surface area contributed by atoms with Crippen LogP contribution in [0, 0.1) is 47.3 Å². The van der Waals surface area contributed by atoms with Gasteiger partial charge in [-0.2, -0.15) is 26.3 Å². The van der Waals surface area contributed by atoms with Crippen LogP contribution in [0.4, 0.5) is 26.3 Å². The van der Waals surface area contributed by atoms with Crippen molar-refractivity contribution in [3.8, 4) is 0 Å². The minimum atomic E-state index is -5.19. The largest absolute Gasteiger partial charge is 0.512 e. The van der Waals surface area contributed by atoms with E-state index in [0.717, 1.165) is 26.7 Å². The summed E-state index contributed by atoms with van der Waals surface area (Å²) in [6, 6.07) is 0. The molecule has 0 radical (unpaired) electrons. The third kappa shape index (κ3) is 18.0. The van der Waals surface area contributed by atoms with E-state index in [1.165, 1.54) is 0 Å². The predicted octanol–water partition coefficient (Wildman–Crippen LogP) is 6.81. The Hall–Kier alpha value is 0.637. The SMILES string of the molecule is C[PH+](C)C(C)(C)[PH+](C)C.C[PH+](C)C([PH+](C)C)(C(F)(F)F)C(F)(F)F.[C-]#N.[C-]#N.[C-]#N.[C-]#N.[Pt].[Pt]. The molecule has 4 nitrogen and oxygen atoms in total. The van der Waals surface area contributed by atoms with Crippen LogP contribution in [0.5, 0.6) is 0 Å². The molecule has 0 amide bonds. The molecule has 0 aromatic heterocycles. The van der Waals surface area contributed by atoms with Gasteiger partial charge >= 0.3 is 17.2 Å². The first kappa shape index (κ1) is 55.2. The van der Waals surface area contributed by atoms with Crippen molar-refractivity contribution >= 4 is 31.7 Å². The molecule has 0 N–H and O–H groups in total. The van der Waals surface area contributed by atoms with Crippen LogP contribution >= 0.6 is 31.7 Å². The first-order chi connectivity index (χ1) is 14.3. The smallest absolute Gasteiger partial charge is 0.473 e. The molecular weight excluding hydrogens is 900 g/mol. The van der Waals surface area contributed by atoms with Crippen molar-refractivity contribution in [3.63, 3.8) is 0 Å².